The Hall–Kier alpha value is -2.83. The van der Waals surface area contributed by atoms with Gasteiger partial charge in [0.05, 0.1) is 12.8 Å². The fourth-order valence-electron chi connectivity index (χ4n) is 2.84. The number of aromatic nitrogens is 4. The molecule has 2 heterocycles. The zero-order valence-electron chi connectivity index (χ0n) is 15.1. The Bertz CT molecular complexity index is 1080. The van der Waals surface area contributed by atoms with Crippen LogP contribution in [-0.2, 0) is 5.75 Å². The highest BCUT2D eigenvalue weighted by Gasteiger charge is 2.19. The van der Waals surface area contributed by atoms with Gasteiger partial charge in [0.25, 0.3) is 0 Å². The van der Waals surface area contributed by atoms with E-state index >= 15 is 0 Å². The lowest BCUT2D eigenvalue weighted by Gasteiger charge is -2.14. The molecule has 2 aromatic carbocycles. The van der Waals surface area contributed by atoms with E-state index in [0.29, 0.717) is 10.8 Å². The maximum absolute atomic E-state index is 6.21. The first-order chi connectivity index (χ1) is 13.8. The Morgan fingerprint density at radius 3 is 2.71 bits per heavy atom. The van der Waals surface area contributed by atoms with Crippen LogP contribution < -0.4 is 4.74 Å². The van der Waals surface area contributed by atoms with E-state index in [9.17, 15) is 0 Å². The summed E-state index contributed by atoms with van der Waals surface area (Å²) < 4.78 is 7.59. The minimum Gasteiger partial charge on any atom is -0.495 e. The Morgan fingerprint density at radius 2 is 1.93 bits per heavy atom. The molecule has 4 aromatic rings. The first-order valence-electron chi connectivity index (χ1n) is 8.62. The number of rotatable bonds is 6. The van der Waals surface area contributed by atoms with Crippen LogP contribution in [-0.4, -0.2) is 26.9 Å². The van der Waals surface area contributed by atoms with E-state index in [0.717, 1.165) is 33.5 Å². The van der Waals surface area contributed by atoms with Crippen molar-refractivity contribution in [2.45, 2.75) is 10.9 Å². The number of halogens is 1. The van der Waals surface area contributed by atoms with Crippen LogP contribution in [0, 0.1) is 0 Å². The maximum atomic E-state index is 6.21. The predicted octanol–water partition coefficient (Wildman–Crippen LogP) is 5.28. The van der Waals surface area contributed by atoms with Gasteiger partial charge >= 0.3 is 0 Å². The zero-order valence-corrected chi connectivity index (χ0v) is 16.7. The van der Waals surface area contributed by atoms with E-state index in [2.05, 4.69) is 15.2 Å². The van der Waals surface area contributed by atoms with Crippen LogP contribution in [0.1, 0.15) is 5.56 Å². The van der Waals surface area contributed by atoms with Crippen molar-refractivity contribution in [3.63, 3.8) is 0 Å². The number of nitrogens with zero attached hydrogens (tertiary/aromatic N) is 4. The molecule has 0 atom stereocenters. The fraction of sp³-hybridized carbons (Fsp3) is 0.0952. The number of hydrogen-bond acceptors (Lipinski definition) is 5. The highest BCUT2D eigenvalue weighted by molar-refractivity contribution is 7.98. The summed E-state index contributed by atoms with van der Waals surface area (Å²) in [6.45, 7) is 0. The summed E-state index contributed by atoms with van der Waals surface area (Å²) in [5, 5.41) is 10.3. The van der Waals surface area contributed by atoms with Gasteiger partial charge in [0.1, 0.15) is 5.75 Å². The van der Waals surface area contributed by atoms with Crippen LogP contribution in [0.15, 0.2) is 78.2 Å². The fourth-order valence-corrected chi connectivity index (χ4v) is 3.91. The summed E-state index contributed by atoms with van der Waals surface area (Å²) >= 11 is 7.80. The molecular weight excluding hydrogens is 392 g/mol. The van der Waals surface area contributed by atoms with E-state index < -0.39 is 0 Å². The van der Waals surface area contributed by atoms with Gasteiger partial charge in [0.15, 0.2) is 11.0 Å². The van der Waals surface area contributed by atoms with Crippen molar-refractivity contribution in [2.75, 3.05) is 7.11 Å². The molecule has 0 aliphatic heterocycles. The Kier molecular flexibility index (Phi) is 5.60. The molecule has 0 amide bonds. The third-order valence-corrected chi connectivity index (χ3v) is 5.37. The lowest BCUT2D eigenvalue weighted by molar-refractivity contribution is 0.412. The maximum Gasteiger partial charge on any atom is 0.196 e. The van der Waals surface area contributed by atoms with Crippen LogP contribution in [0.2, 0.25) is 5.02 Å². The Balaban J connectivity index is 1.80. The largest absolute Gasteiger partial charge is 0.495 e. The molecule has 0 aliphatic rings. The van der Waals surface area contributed by atoms with Crippen LogP contribution >= 0.6 is 23.4 Å². The number of thioether (sulfide) groups is 1. The van der Waals surface area contributed by atoms with E-state index in [1.807, 2.05) is 71.4 Å². The SMILES string of the molecule is COc1ccccc1-n1c(SCc2cccnc2)nnc1-c1cccc(Cl)c1. The van der Waals surface area contributed by atoms with Gasteiger partial charge in [-0.3, -0.25) is 9.55 Å². The molecular formula is C21H17ClN4OS. The molecule has 140 valence electrons. The number of pyridine rings is 1. The van der Waals surface area contributed by atoms with E-state index in [1.54, 1.807) is 25.1 Å². The molecule has 0 radical (unpaired) electrons. The molecule has 4 rings (SSSR count). The summed E-state index contributed by atoms with van der Waals surface area (Å²) in [6.07, 6.45) is 3.62. The van der Waals surface area contributed by atoms with Gasteiger partial charge in [-0.15, -0.1) is 10.2 Å². The lowest BCUT2D eigenvalue weighted by atomic mass is 10.2. The Morgan fingerprint density at radius 1 is 1.04 bits per heavy atom. The second-order valence-corrected chi connectivity index (χ2v) is 7.35. The van der Waals surface area contributed by atoms with Crippen LogP contribution in [0.5, 0.6) is 5.75 Å². The van der Waals surface area contributed by atoms with Crippen molar-refractivity contribution in [1.29, 1.82) is 0 Å². The van der Waals surface area contributed by atoms with Crippen LogP contribution in [0.3, 0.4) is 0 Å². The molecule has 0 fully saturated rings. The molecule has 0 N–H and O–H groups in total. The zero-order chi connectivity index (χ0) is 19.3. The summed E-state index contributed by atoms with van der Waals surface area (Å²) in [6, 6.07) is 19.4. The smallest absolute Gasteiger partial charge is 0.196 e. The third kappa shape index (κ3) is 3.88. The summed E-state index contributed by atoms with van der Waals surface area (Å²) in [7, 11) is 1.66. The van der Waals surface area contributed by atoms with E-state index in [4.69, 9.17) is 16.3 Å². The average molecular weight is 409 g/mol. The van der Waals surface area contributed by atoms with Gasteiger partial charge in [-0.2, -0.15) is 0 Å². The van der Waals surface area contributed by atoms with Gasteiger partial charge in [-0.25, -0.2) is 0 Å². The molecule has 28 heavy (non-hydrogen) atoms. The van der Waals surface area contributed by atoms with Crippen LogP contribution in [0.4, 0.5) is 0 Å². The minimum absolute atomic E-state index is 0.650. The van der Waals surface area contributed by atoms with Crippen molar-refractivity contribution in [3.05, 3.63) is 83.6 Å². The highest BCUT2D eigenvalue weighted by Crippen LogP contribution is 2.34. The average Bonchev–Trinajstić information content (AvgIpc) is 3.16. The number of benzene rings is 2. The number of para-hydroxylation sites is 2. The molecule has 2 aromatic heterocycles. The highest BCUT2D eigenvalue weighted by atomic mass is 35.5. The minimum atomic E-state index is 0.650. The monoisotopic (exact) mass is 408 g/mol. The molecule has 0 saturated carbocycles. The van der Waals surface area contributed by atoms with Crippen molar-refractivity contribution in [1.82, 2.24) is 19.7 Å². The summed E-state index contributed by atoms with van der Waals surface area (Å²) in [5.74, 6) is 2.19. The Labute approximate surface area is 172 Å². The first-order valence-corrected chi connectivity index (χ1v) is 9.99. The molecule has 0 aliphatic carbocycles. The van der Waals surface area contributed by atoms with Crippen molar-refractivity contribution >= 4 is 23.4 Å². The third-order valence-electron chi connectivity index (χ3n) is 4.13. The van der Waals surface area contributed by atoms with E-state index in [1.165, 1.54) is 0 Å². The quantitative estimate of drug-likeness (QED) is 0.406. The summed E-state index contributed by atoms with van der Waals surface area (Å²) in [5.41, 5.74) is 2.88. The number of hydrogen-bond donors (Lipinski definition) is 0. The lowest BCUT2D eigenvalue weighted by Crippen LogP contribution is -2.02. The summed E-state index contributed by atoms with van der Waals surface area (Å²) in [4.78, 5) is 4.18. The van der Waals surface area contributed by atoms with Crippen molar-refractivity contribution in [3.8, 4) is 22.8 Å². The predicted molar refractivity (Wildman–Crippen MR) is 112 cm³/mol. The number of methoxy groups -OCH3 is 1. The van der Waals surface area contributed by atoms with E-state index in [-0.39, 0.29) is 0 Å². The molecule has 5 nitrogen and oxygen atoms in total. The van der Waals surface area contributed by atoms with Gasteiger partial charge < -0.3 is 4.74 Å². The standard InChI is InChI=1S/C21H17ClN4OS/c1-27-19-10-3-2-9-18(19)26-20(16-7-4-8-17(22)12-16)24-25-21(26)28-14-15-6-5-11-23-13-15/h2-13H,14H2,1H3. The second-order valence-electron chi connectivity index (χ2n) is 5.97. The van der Waals surface area contributed by atoms with Gasteiger partial charge in [-0.1, -0.05) is 53.7 Å². The molecule has 0 unspecified atom stereocenters. The van der Waals surface area contributed by atoms with Crippen molar-refractivity contribution < 1.29 is 4.74 Å². The molecule has 0 saturated heterocycles. The second kappa shape index (κ2) is 8.46. The van der Waals surface area contributed by atoms with Crippen LogP contribution in [0.25, 0.3) is 17.1 Å². The first kappa shape index (κ1) is 18.5. The van der Waals surface area contributed by atoms with Gasteiger partial charge in [0.2, 0.25) is 0 Å². The molecule has 7 heteroatoms. The van der Waals surface area contributed by atoms with Crippen molar-refractivity contribution in [2.24, 2.45) is 0 Å². The normalized spacial score (nSPS) is 10.8. The number of ether oxygens (including phenoxy) is 1. The molecule has 0 bridgehead atoms. The van der Waals surface area contributed by atoms with Gasteiger partial charge in [0, 0.05) is 28.7 Å². The molecule has 0 spiro atoms. The van der Waals surface area contributed by atoms with Gasteiger partial charge in [-0.05, 0) is 35.9 Å². The topological polar surface area (TPSA) is 52.8 Å².